The third-order valence-corrected chi connectivity index (χ3v) is 1.31. The second-order valence-corrected chi connectivity index (χ2v) is 1.91. The van der Waals surface area contributed by atoms with E-state index in [1.54, 1.807) is 0 Å². The molecular weight excluding hydrogens is 132 g/mol. The van der Waals surface area contributed by atoms with E-state index >= 15 is 0 Å². The van der Waals surface area contributed by atoms with Crippen LogP contribution in [-0.2, 0) is 9.53 Å². The zero-order valence-corrected chi connectivity index (χ0v) is 6.47. The summed E-state index contributed by atoms with van der Waals surface area (Å²) in [6.45, 7) is 3.38. The number of rotatable bonds is 3. The molecule has 58 valence electrons. The van der Waals surface area contributed by atoms with Crippen LogP contribution in [-0.4, -0.2) is 18.2 Å². The fraction of sp³-hybridized carbons (Fsp3) is 0.571. The highest BCUT2D eigenvalue weighted by molar-refractivity contribution is 5.86. The van der Waals surface area contributed by atoms with E-state index in [4.69, 9.17) is 9.84 Å². The molecule has 0 saturated carbocycles. The van der Waals surface area contributed by atoms with Crippen molar-refractivity contribution in [3.63, 3.8) is 0 Å². The van der Waals surface area contributed by atoms with Crippen LogP contribution in [0.15, 0.2) is 11.3 Å². The normalized spacial score (nSPS) is 12.3. The van der Waals surface area contributed by atoms with E-state index in [1.165, 1.54) is 14.0 Å². The summed E-state index contributed by atoms with van der Waals surface area (Å²) in [5.41, 5.74) is 0.282. The van der Waals surface area contributed by atoms with Crippen LogP contribution in [0.25, 0.3) is 0 Å². The number of ether oxygens (including phenoxy) is 1. The van der Waals surface area contributed by atoms with Gasteiger partial charge in [0, 0.05) is 6.42 Å². The summed E-state index contributed by atoms with van der Waals surface area (Å²) in [4.78, 5) is 10.3. The number of carboxylic acids is 1. The topological polar surface area (TPSA) is 46.5 Å². The summed E-state index contributed by atoms with van der Waals surface area (Å²) >= 11 is 0. The summed E-state index contributed by atoms with van der Waals surface area (Å²) < 4.78 is 4.82. The van der Waals surface area contributed by atoms with Crippen molar-refractivity contribution in [2.45, 2.75) is 20.3 Å². The molecule has 0 aromatic rings. The number of carbonyl (C=O) groups is 1. The van der Waals surface area contributed by atoms with Crippen LogP contribution < -0.4 is 0 Å². The van der Waals surface area contributed by atoms with E-state index in [9.17, 15) is 4.79 Å². The first kappa shape index (κ1) is 9.01. The molecule has 0 aliphatic rings. The standard InChI is InChI=1S/C7H12O3/c1-4-6(10-3)5(2)7(8)9/h4H2,1-3H3,(H,8,9). The highest BCUT2D eigenvalue weighted by Crippen LogP contribution is 2.08. The van der Waals surface area contributed by atoms with Crippen molar-refractivity contribution in [1.82, 2.24) is 0 Å². The molecule has 0 unspecified atom stereocenters. The Morgan fingerprint density at radius 1 is 1.60 bits per heavy atom. The molecule has 0 bridgehead atoms. The first-order valence-electron chi connectivity index (χ1n) is 3.10. The maximum absolute atomic E-state index is 10.3. The van der Waals surface area contributed by atoms with E-state index in [1.807, 2.05) is 6.92 Å². The maximum atomic E-state index is 10.3. The van der Waals surface area contributed by atoms with E-state index in [0.29, 0.717) is 12.2 Å². The minimum Gasteiger partial charge on any atom is -0.501 e. The number of methoxy groups -OCH3 is 1. The summed E-state index contributed by atoms with van der Waals surface area (Å²) in [6, 6.07) is 0. The van der Waals surface area contributed by atoms with Crippen LogP contribution in [0.1, 0.15) is 20.3 Å². The number of carboxylic acid groups (broad SMARTS) is 1. The lowest BCUT2D eigenvalue weighted by atomic mass is 10.2. The van der Waals surface area contributed by atoms with Gasteiger partial charge in [-0.3, -0.25) is 0 Å². The molecular formula is C7H12O3. The smallest absolute Gasteiger partial charge is 0.334 e. The molecule has 0 atom stereocenters. The lowest BCUT2D eigenvalue weighted by molar-refractivity contribution is -0.132. The molecule has 3 nitrogen and oxygen atoms in total. The van der Waals surface area contributed by atoms with Crippen molar-refractivity contribution < 1.29 is 14.6 Å². The minimum atomic E-state index is -0.918. The minimum absolute atomic E-state index is 0.282. The van der Waals surface area contributed by atoms with Crippen LogP contribution in [0.3, 0.4) is 0 Å². The molecule has 0 heterocycles. The summed E-state index contributed by atoms with van der Waals surface area (Å²) in [5, 5.41) is 8.48. The largest absolute Gasteiger partial charge is 0.501 e. The molecule has 0 saturated heterocycles. The lowest BCUT2D eigenvalue weighted by Gasteiger charge is -2.03. The molecule has 10 heavy (non-hydrogen) atoms. The van der Waals surface area contributed by atoms with Crippen LogP contribution in [0.2, 0.25) is 0 Å². The van der Waals surface area contributed by atoms with Crippen molar-refractivity contribution in [1.29, 1.82) is 0 Å². The monoisotopic (exact) mass is 144 g/mol. The van der Waals surface area contributed by atoms with Gasteiger partial charge in [-0.15, -0.1) is 0 Å². The molecule has 0 aromatic heterocycles. The van der Waals surface area contributed by atoms with Crippen molar-refractivity contribution in [3.05, 3.63) is 11.3 Å². The zero-order valence-electron chi connectivity index (χ0n) is 6.47. The Bertz CT molecular complexity index is 152. The molecule has 0 radical (unpaired) electrons. The van der Waals surface area contributed by atoms with Crippen LogP contribution in [0.5, 0.6) is 0 Å². The summed E-state index contributed by atoms with van der Waals surface area (Å²) in [7, 11) is 1.48. The molecule has 0 amide bonds. The number of aliphatic carboxylic acids is 1. The SMILES string of the molecule is CCC(OC)=C(C)C(=O)O. The second kappa shape index (κ2) is 3.93. The van der Waals surface area contributed by atoms with E-state index in [2.05, 4.69) is 0 Å². The van der Waals surface area contributed by atoms with Crippen molar-refractivity contribution in [2.24, 2.45) is 0 Å². The van der Waals surface area contributed by atoms with Crippen LogP contribution >= 0.6 is 0 Å². The lowest BCUT2D eigenvalue weighted by Crippen LogP contribution is -2.01. The maximum Gasteiger partial charge on any atom is 0.334 e. The first-order valence-corrected chi connectivity index (χ1v) is 3.10. The molecule has 0 spiro atoms. The Morgan fingerprint density at radius 3 is 2.20 bits per heavy atom. The second-order valence-electron chi connectivity index (χ2n) is 1.91. The molecule has 0 aliphatic heterocycles. The van der Waals surface area contributed by atoms with Gasteiger partial charge < -0.3 is 9.84 Å². The van der Waals surface area contributed by atoms with Crippen molar-refractivity contribution in [3.8, 4) is 0 Å². The average molecular weight is 144 g/mol. The predicted octanol–water partition coefficient (Wildman–Crippen LogP) is 1.40. The fourth-order valence-corrected chi connectivity index (χ4v) is 0.682. The van der Waals surface area contributed by atoms with Gasteiger partial charge in [0.15, 0.2) is 0 Å². The molecule has 0 aliphatic carbocycles. The molecule has 1 N–H and O–H groups in total. The fourth-order valence-electron chi connectivity index (χ4n) is 0.682. The highest BCUT2D eigenvalue weighted by Gasteiger charge is 2.06. The summed E-state index contributed by atoms with van der Waals surface area (Å²) in [6.07, 6.45) is 0.620. The Morgan fingerprint density at radius 2 is 2.10 bits per heavy atom. The third kappa shape index (κ3) is 2.09. The van der Waals surface area contributed by atoms with Gasteiger partial charge in [-0.2, -0.15) is 0 Å². The number of hydrogen-bond donors (Lipinski definition) is 1. The van der Waals surface area contributed by atoms with E-state index in [0.717, 1.165) is 0 Å². The van der Waals surface area contributed by atoms with Crippen LogP contribution in [0.4, 0.5) is 0 Å². The van der Waals surface area contributed by atoms with Gasteiger partial charge in [0.05, 0.1) is 12.7 Å². The Kier molecular flexibility index (Phi) is 3.54. The van der Waals surface area contributed by atoms with Gasteiger partial charge in [-0.1, -0.05) is 6.92 Å². The Labute approximate surface area is 60.3 Å². The van der Waals surface area contributed by atoms with E-state index < -0.39 is 5.97 Å². The average Bonchev–Trinajstić information content (AvgIpc) is 1.90. The number of allylic oxidation sites excluding steroid dienone is 1. The first-order chi connectivity index (χ1) is 4.63. The van der Waals surface area contributed by atoms with Gasteiger partial charge >= 0.3 is 5.97 Å². The number of hydrogen-bond acceptors (Lipinski definition) is 2. The Balaban J connectivity index is 4.43. The van der Waals surface area contributed by atoms with Gasteiger partial charge in [-0.25, -0.2) is 4.79 Å². The molecule has 0 fully saturated rings. The predicted molar refractivity (Wildman–Crippen MR) is 37.6 cm³/mol. The van der Waals surface area contributed by atoms with Crippen molar-refractivity contribution >= 4 is 5.97 Å². The highest BCUT2D eigenvalue weighted by atomic mass is 16.5. The van der Waals surface area contributed by atoms with Gasteiger partial charge in [0.2, 0.25) is 0 Å². The quantitative estimate of drug-likeness (QED) is 0.481. The molecule has 3 heteroatoms. The van der Waals surface area contributed by atoms with Gasteiger partial charge in [-0.05, 0) is 6.92 Å². The Hall–Kier alpha value is -0.990. The van der Waals surface area contributed by atoms with Gasteiger partial charge in [0.1, 0.15) is 5.76 Å². The summed E-state index contributed by atoms with van der Waals surface area (Å²) in [5.74, 6) is -0.383. The third-order valence-electron chi connectivity index (χ3n) is 1.31. The van der Waals surface area contributed by atoms with E-state index in [-0.39, 0.29) is 5.57 Å². The molecule has 0 aromatic carbocycles. The molecule has 0 rings (SSSR count). The van der Waals surface area contributed by atoms with Crippen molar-refractivity contribution in [2.75, 3.05) is 7.11 Å². The van der Waals surface area contributed by atoms with Crippen LogP contribution in [0, 0.1) is 0 Å². The zero-order chi connectivity index (χ0) is 8.15. The van der Waals surface area contributed by atoms with Gasteiger partial charge in [0.25, 0.3) is 0 Å².